The largest absolute Gasteiger partial charge is 0.465 e. The van der Waals surface area contributed by atoms with Gasteiger partial charge in [0.25, 0.3) is 0 Å². The molecule has 2 fully saturated rings. The molecule has 1 unspecified atom stereocenters. The van der Waals surface area contributed by atoms with Crippen LogP contribution in [-0.2, 0) is 14.3 Å². The molecule has 2 saturated heterocycles. The van der Waals surface area contributed by atoms with Gasteiger partial charge in [0.15, 0.2) is 0 Å². The summed E-state index contributed by atoms with van der Waals surface area (Å²) in [6, 6.07) is 0.624. The molecule has 0 bridgehead atoms. The molecule has 0 amide bonds. The highest BCUT2D eigenvalue weighted by Gasteiger charge is 2.47. The highest BCUT2D eigenvalue weighted by atomic mass is 32.1. The number of aliphatic hydroxyl groups excluding tert-OH is 3. The molecule has 0 aliphatic carbocycles. The maximum absolute atomic E-state index is 13.2. The highest BCUT2D eigenvalue weighted by Crippen LogP contribution is 2.39. The monoisotopic (exact) mass is 564 g/mol. The number of esters is 1. The third kappa shape index (κ3) is 8.43. The van der Waals surface area contributed by atoms with E-state index in [0.29, 0.717) is 19.0 Å². The lowest BCUT2D eigenvalue weighted by Crippen LogP contribution is -2.42. The molecule has 220 valence electrons. The van der Waals surface area contributed by atoms with Crippen LogP contribution in [0.25, 0.3) is 6.08 Å². The first-order chi connectivity index (χ1) is 18.3. The highest BCUT2D eigenvalue weighted by molar-refractivity contribution is 7.09. The number of fused-ring (bicyclic) bond motifs is 1. The van der Waals surface area contributed by atoms with Gasteiger partial charge in [-0.2, -0.15) is 0 Å². The summed E-state index contributed by atoms with van der Waals surface area (Å²) in [6.07, 6.45) is 3.85. The van der Waals surface area contributed by atoms with Gasteiger partial charge in [0.05, 0.1) is 48.0 Å². The van der Waals surface area contributed by atoms with Crippen molar-refractivity contribution in [3.8, 4) is 0 Å². The average Bonchev–Trinajstić information content (AvgIpc) is 3.33. The number of aromatic nitrogens is 1. The molecule has 3 rings (SSSR count). The molecule has 2 aliphatic heterocycles. The molecule has 1 aromatic heterocycles. The first-order valence-electron chi connectivity index (χ1n) is 14.4. The topological polar surface area (TPSA) is 120 Å². The Morgan fingerprint density at radius 2 is 1.92 bits per heavy atom. The van der Waals surface area contributed by atoms with E-state index in [1.165, 1.54) is 0 Å². The van der Waals surface area contributed by atoms with Crippen LogP contribution in [0.1, 0.15) is 83.8 Å². The Morgan fingerprint density at radius 3 is 2.56 bits per heavy atom. The summed E-state index contributed by atoms with van der Waals surface area (Å²) >= 11 is 1.59. The fourth-order valence-corrected chi connectivity index (χ4v) is 6.54. The van der Waals surface area contributed by atoms with Crippen LogP contribution in [0.5, 0.6) is 0 Å². The van der Waals surface area contributed by atoms with Crippen molar-refractivity contribution >= 4 is 29.2 Å². The maximum Gasteiger partial charge on any atom is 0.308 e. The number of nitrogens with zero attached hydrogens (tertiary/aromatic N) is 2. The predicted octanol–water partition coefficient (Wildman–Crippen LogP) is 4.00. The van der Waals surface area contributed by atoms with Crippen LogP contribution < -0.4 is 0 Å². The lowest BCUT2D eigenvalue weighted by molar-refractivity contribution is -0.151. The number of rotatable bonds is 4. The van der Waals surface area contributed by atoms with Crippen LogP contribution >= 0.6 is 11.3 Å². The summed E-state index contributed by atoms with van der Waals surface area (Å²) in [7, 11) is 0. The fraction of sp³-hybridized carbons (Fsp3) is 0.767. The van der Waals surface area contributed by atoms with Crippen molar-refractivity contribution in [2.75, 3.05) is 19.8 Å². The molecule has 39 heavy (non-hydrogen) atoms. The van der Waals surface area contributed by atoms with E-state index in [2.05, 4.69) is 9.88 Å². The Labute approximate surface area is 237 Å². The first kappa shape index (κ1) is 31.9. The SMILES string of the molecule is C/C(=C\c1csc(C)n1)[C@H]1COC(=O)C[C@H](O)C(C)(C)C(=O)[C@H](C)C[C@@H](O)[C@@H](C)CCC[C@@H]2[C@H](C1)N2CCO. The Bertz CT molecular complexity index is 1010. The Hall–Kier alpha value is -1.65. The van der Waals surface area contributed by atoms with E-state index in [1.807, 2.05) is 32.2 Å². The van der Waals surface area contributed by atoms with Crippen molar-refractivity contribution in [3.63, 3.8) is 0 Å². The number of ketones is 1. The third-order valence-electron chi connectivity index (χ3n) is 8.88. The zero-order valence-corrected chi connectivity index (χ0v) is 25.2. The summed E-state index contributed by atoms with van der Waals surface area (Å²) in [5.41, 5.74) is 0.813. The Kier molecular flexibility index (Phi) is 11.3. The number of hydrogen-bond donors (Lipinski definition) is 3. The number of thiazole rings is 1. The van der Waals surface area contributed by atoms with Crippen LogP contribution in [-0.4, -0.2) is 81.0 Å². The van der Waals surface area contributed by atoms with Gasteiger partial charge in [0.1, 0.15) is 5.78 Å². The summed E-state index contributed by atoms with van der Waals surface area (Å²) < 4.78 is 5.71. The molecule has 0 radical (unpaired) electrons. The molecular formula is C30H48N2O6S. The van der Waals surface area contributed by atoms with Crippen LogP contribution in [0.15, 0.2) is 11.0 Å². The van der Waals surface area contributed by atoms with Gasteiger partial charge in [-0.15, -0.1) is 11.3 Å². The first-order valence-corrected chi connectivity index (χ1v) is 15.3. The number of carbonyl (C=O) groups is 2. The van der Waals surface area contributed by atoms with Gasteiger partial charge in [0, 0.05) is 35.8 Å². The molecule has 1 aromatic rings. The normalized spacial score (nSPS) is 35.5. The number of carbonyl (C=O) groups excluding carboxylic acids is 2. The molecule has 0 aromatic carbocycles. The van der Waals surface area contributed by atoms with Gasteiger partial charge in [-0.05, 0) is 51.5 Å². The second kappa shape index (κ2) is 13.8. The zero-order valence-electron chi connectivity index (χ0n) is 24.4. The molecule has 3 heterocycles. The van der Waals surface area contributed by atoms with E-state index in [-0.39, 0.29) is 43.3 Å². The number of aryl methyl sites for hydroxylation is 1. The second-order valence-electron chi connectivity index (χ2n) is 12.3. The Balaban J connectivity index is 1.83. The molecule has 3 N–H and O–H groups in total. The number of ether oxygens (including phenoxy) is 1. The minimum absolute atomic E-state index is 0.0430. The molecule has 8 atom stereocenters. The van der Waals surface area contributed by atoms with Gasteiger partial charge < -0.3 is 20.1 Å². The van der Waals surface area contributed by atoms with E-state index in [4.69, 9.17) is 4.74 Å². The summed E-state index contributed by atoms with van der Waals surface area (Å²) in [5, 5.41) is 34.3. The fourth-order valence-electron chi connectivity index (χ4n) is 5.97. The minimum atomic E-state index is -1.19. The molecule has 2 aliphatic rings. The van der Waals surface area contributed by atoms with Crippen molar-refractivity contribution < 1.29 is 29.6 Å². The van der Waals surface area contributed by atoms with Crippen molar-refractivity contribution in [3.05, 3.63) is 21.7 Å². The van der Waals surface area contributed by atoms with E-state index in [0.717, 1.165) is 42.0 Å². The predicted molar refractivity (Wildman–Crippen MR) is 153 cm³/mol. The number of hydrogen-bond acceptors (Lipinski definition) is 9. The summed E-state index contributed by atoms with van der Waals surface area (Å²) in [5.74, 6) is -1.14. The van der Waals surface area contributed by atoms with Crippen molar-refractivity contribution in [1.29, 1.82) is 0 Å². The molecule has 0 spiro atoms. The minimum Gasteiger partial charge on any atom is -0.465 e. The van der Waals surface area contributed by atoms with E-state index in [9.17, 15) is 24.9 Å². The van der Waals surface area contributed by atoms with Gasteiger partial charge in [0.2, 0.25) is 0 Å². The maximum atomic E-state index is 13.2. The van der Waals surface area contributed by atoms with Gasteiger partial charge in [-0.3, -0.25) is 14.5 Å². The lowest BCUT2D eigenvalue weighted by Gasteiger charge is -2.32. The van der Waals surface area contributed by atoms with Gasteiger partial charge in [-0.1, -0.05) is 39.7 Å². The van der Waals surface area contributed by atoms with E-state index in [1.54, 1.807) is 32.1 Å². The standard InChI is InChI=1S/C30H48N2O6S/c1-18-8-7-9-24-25(32(24)10-11-33)14-22(19(2)12-23-17-39-21(4)31-23)16-38-28(36)15-27(35)30(5,6)29(37)20(3)13-26(18)34/h12,17-18,20,22,24-27,33-35H,7-11,13-16H2,1-6H3/b19-12+/t18-,20+,22+,24+,25-,26+,27-,32?/m0/s1. The Morgan fingerprint density at radius 1 is 1.21 bits per heavy atom. The van der Waals surface area contributed by atoms with Gasteiger partial charge in [-0.25, -0.2) is 4.98 Å². The van der Waals surface area contributed by atoms with Crippen LogP contribution in [0.2, 0.25) is 0 Å². The molecule has 8 nitrogen and oxygen atoms in total. The van der Waals surface area contributed by atoms with Crippen LogP contribution in [0, 0.1) is 30.1 Å². The lowest BCUT2D eigenvalue weighted by atomic mass is 9.74. The summed E-state index contributed by atoms with van der Waals surface area (Å²) in [6.45, 7) is 12.0. The molecule has 9 heteroatoms. The van der Waals surface area contributed by atoms with E-state index < -0.39 is 29.5 Å². The third-order valence-corrected chi connectivity index (χ3v) is 9.67. The van der Waals surface area contributed by atoms with Crippen molar-refractivity contribution in [2.24, 2.45) is 23.2 Å². The number of aliphatic hydroxyl groups is 3. The number of Topliss-reactive ketones (excluding diaryl/α,β-unsaturated/α-hetero) is 1. The van der Waals surface area contributed by atoms with Gasteiger partial charge >= 0.3 is 5.97 Å². The number of β-amino-alcohol motifs (C(OH)–C–C–N with tert-alkyl or cyclic N) is 1. The molecule has 0 saturated carbocycles. The van der Waals surface area contributed by atoms with E-state index >= 15 is 0 Å². The average molecular weight is 565 g/mol. The quantitative estimate of drug-likeness (QED) is 0.371. The number of cyclic esters (lactones) is 1. The van der Waals surface area contributed by atoms with Crippen LogP contribution in [0.4, 0.5) is 0 Å². The smallest absolute Gasteiger partial charge is 0.308 e. The van der Waals surface area contributed by atoms with Crippen molar-refractivity contribution in [1.82, 2.24) is 9.88 Å². The second-order valence-corrected chi connectivity index (χ2v) is 13.4. The summed E-state index contributed by atoms with van der Waals surface area (Å²) in [4.78, 5) is 32.9. The van der Waals surface area contributed by atoms with Crippen LogP contribution in [0.3, 0.4) is 0 Å². The molecular weight excluding hydrogens is 516 g/mol. The van der Waals surface area contributed by atoms with Crippen molar-refractivity contribution in [2.45, 2.75) is 104 Å². The zero-order chi connectivity index (χ0) is 28.9.